The van der Waals surface area contributed by atoms with Crippen molar-refractivity contribution in [1.29, 1.82) is 0 Å². The molecular formula is C20H19N3O3. The number of carbonyl (C=O) groups is 1. The Morgan fingerprint density at radius 3 is 2.42 bits per heavy atom. The van der Waals surface area contributed by atoms with Crippen molar-refractivity contribution in [2.45, 2.75) is 0 Å². The fourth-order valence-corrected chi connectivity index (χ4v) is 2.38. The lowest BCUT2D eigenvalue weighted by Crippen LogP contribution is -2.11. The minimum atomic E-state index is -0.178. The van der Waals surface area contributed by atoms with Gasteiger partial charge in [0, 0.05) is 11.6 Å². The van der Waals surface area contributed by atoms with Crippen molar-refractivity contribution < 1.29 is 14.3 Å². The van der Waals surface area contributed by atoms with Gasteiger partial charge in [-0.15, -0.1) is 0 Å². The van der Waals surface area contributed by atoms with Crippen LogP contribution < -0.4 is 20.1 Å². The van der Waals surface area contributed by atoms with Crippen LogP contribution in [-0.4, -0.2) is 25.1 Å². The average Bonchev–Trinajstić information content (AvgIpc) is 2.70. The Balaban J connectivity index is 1.71. The number of pyridine rings is 1. The van der Waals surface area contributed by atoms with Crippen LogP contribution in [0.15, 0.2) is 66.9 Å². The van der Waals surface area contributed by atoms with Gasteiger partial charge < -0.3 is 20.1 Å². The van der Waals surface area contributed by atoms with Gasteiger partial charge in [0.15, 0.2) is 0 Å². The van der Waals surface area contributed by atoms with Crippen LogP contribution in [0.25, 0.3) is 0 Å². The number of hydrogen-bond acceptors (Lipinski definition) is 5. The van der Waals surface area contributed by atoms with Crippen LogP contribution >= 0.6 is 0 Å². The molecule has 6 nitrogen and oxygen atoms in total. The summed E-state index contributed by atoms with van der Waals surface area (Å²) >= 11 is 0. The van der Waals surface area contributed by atoms with Gasteiger partial charge in [-0.2, -0.15) is 0 Å². The Kier molecular flexibility index (Phi) is 5.34. The molecule has 3 rings (SSSR count). The number of nitrogens with zero attached hydrogens (tertiary/aromatic N) is 1. The number of aromatic nitrogens is 1. The van der Waals surface area contributed by atoms with E-state index in [-0.39, 0.29) is 5.91 Å². The summed E-state index contributed by atoms with van der Waals surface area (Å²) in [6.45, 7) is 0. The second-order valence-corrected chi connectivity index (χ2v) is 5.44. The van der Waals surface area contributed by atoms with E-state index in [1.54, 1.807) is 44.7 Å². The number of methoxy groups -OCH3 is 2. The zero-order valence-corrected chi connectivity index (χ0v) is 14.5. The number of ether oxygens (including phenoxy) is 2. The zero-order valence-electron chi connectivity index (χ0n) is 14.5. The van der Waals surface area contributed by atoms with Crippen LogP contribution in [0.2, 0.25) is 0 Å². The first-order valence-corrected chi connectivity index (χ1v) is 8.01. The van der Waals surface area contributed by atoms with Gasteiger partial charge in [-0.25, -0.2) is 4.98 Å². The molecular weight excluding hydrogens is 330 g/mol. The third-order valence-electron chi connectivity index (χ3n) is 3.73. The third-order valence-corrected chi connectivity index (χ3v) is 3.73. The van der Waals surface area contributed by atoms with Gasteiger partial charge in [0.1, 0.15) is 17.3 Å². The largest absolute Gasteiger partial charge is 0.497 e. The molecule has 0 fully saturated rings. The van der Waals surface area contributed by atoms with Crippen molar-refractivity contribution in [2.24, 2.45) is 0 Å². The van der Waals surface area contributed by atoms with Gasteiger partial charge in [-0.3, -0.25) is 4.79 Å². The number of anilines is 3. The number of hydrogen-bond donors (Lipinski definition) is 2. The summed E-state index contributed by atoms with van der Waals surface area (Å²) in [5.74, 6) is 1.82. The molecule has 0 spiro atoms. The van der Waals surface area contributed by atoms with Crippen molar-refractivity contribution in [3.05, 3.63) is 72.4 Å². The molecule has 6 heteroatoms. The number of benzene rings is 2. The predicted molar refractivity (Wildman–Crippen MR) is 101 cm³/mol. The monoisotopic (exact) mass is 349 g/mol. The normalized spacial score (nSPS) is 10.1. The molecule has 0 saturated carbocycles. The van der Waals surface area contributed by atoms with E-state index >= 15 is 0 Å². The lowest BCUT2D eigenvalue weighted by atomic mass is 10.2. The molecule has 1 amide bonds. The maximum absolute atomic E-state index is 12.2. The van der Waals surface area contributed by atoms with Crippen LogP contribution in [0.5, 0.6) is 11.5 Å². The predicted octanol–water partition coefficient (Wildman–Crippen LogP) is 4.09. The topological polar surface area (TPSA) is 72.5 Å². The van der Waals surface area contributed by atoms with E-state index in [0.717, 1.165) is 5.69 Å². The van der Waals surface area contributed by atoms with E-state index in [4.69, 9.17) is 9.47 Å². The van der Waals surface area contributed by atoms with Gasteiger partial charge >= 0.3 is 0 Å². The summed E-state index contributed by atoms with van der Waals surface area (Å²) in [5.41, 5.74) is 1.94. The van der Waals surface area contributed by atoms with Gasteiger partial charge in [-0.1, -0.05) is 18.2 Å². The zero-order chi connectivity index (χ0) is 18.4. The summed E-state index contributed by atoms with van der Waals surface area (Å²) in [6, 6.07) is 18.0. The van der Waals surface area contributed by atoms with Crippen molar-refractivity contribution in [2.75, 3.05) is 24.9 Å². The Morgan fingerprint density at radius 1 is 0.962 bits per heavy atom. The van der Waals surface area contributed by atoms with Gasteiger partial charge in [0.25, 0.3) is 5.91 Å². The number of amides is 1. The molecule has 1 aromatic heterocycles. The minimum absolute atomic E-state index is 0.178. The van der Waals surface area contributed by atoms with Crippen molar-refractivity contribution in [3.63, 3.8) is 0 Å². The molecule has 0 radical (unpaired) electrons. The van der Waals surface area contributed by atoms with Crippen LogP contribution in [0, 0.1) is 0 Å². The second kappa shape index (κ2) is 8.02. The molecule has 2 N–H and O–H groups in total. The average molecular weight is 349 g/mol. The summed E-state index contributed by atoms with van der Waals surface area (Å²) in [7, 11) is 3.21. The molecule has 26 heavy (non-hydrogen) atoms. The Hall–Kier alpha value is -3.54. The number of rotatable bonds is 6. The van der Waals surface area contributed by atoms with Gasteiger partial charge in [0.2, 0.25) is 0 Å². The fourth-order valence-electron chi connectivity index (χ4n) is 2.38. The summed E-state index contributed by atoms with van der Waals surface area (Å²) in [6.07, 6.45) is 1.59. The lowest BCUT2D eigenvalue weighted by molar-refractivity contribution is 0.102. The fraction of sp³-hybridized carbons (Fsp3) is 0.100. The SMILES string of the molecule is COc1ccc(OC)c(Nc2ccc(NC(=O)c3ccccc3)cn2)c1. The smallest absolute Gasteiger partial charge is 0.255 e. The molecule has 0 aliphatic carbocycles. The molecule has 3 aromatic rings. The highest BCUT2D eigenvalue weighted by atomic mass is 16.5. The van der Waals surface area contributed by atoms with Crippen LogP contribution in [0.3, 0.4) is 0 Å². The van der Waals surface area contributed by atoms with Gasteiger partial charge in [0.05, 0.1) is 31.8 Å². The molecule has 0 bridgehead atoms. The molecule has 0 atom stereocenters. The van der Waals surface area contributed by atoms with Crippen molar-refractivity contribution in [3.8, 4) is 11.5 Å². The maximum Gasteiger partial charge on any atom is 0.255 e. The molecule has 0 unspecified atom stereocenters. The van der Waals surface area contributed by atoms with E-state index in [2.05, 4.69) is 15.6 Å². The second-order valence-electron chi connectivity index (χ2n) is 5.44. The highest BCUT2D eigenvalue weighted by Gasteiger charge is 2.08. The first-order chi connectivity index (χ1) is 12.7. The molecule has 2 aromatic carbocycles. The quantitative estimate of drug-likeness (QED) is 0.701. The number of carbonyl (C=O) groups excluding carboxylic acids is 1. The molecule has 0 aliphatic rings. The maximum atomic E-state index is 12.2. The van der Waals surface area contributed by atoms with E-state index in [9.17, 15) is 4.79 Å². The summed E-state index contributed by atoms with van der Waals surface area (Å²) < 4.78 is 10.6. The van der Waals surface area contributed by atoms with E-state index < -0.39 is 0 Å². The van der Waals surface area contributed by atoms with E-state index in [1.807, 2.05) is 36.4 Å². The first-order valence-electron chi connectivity index (χ1n) is 8.01. The van der Waals surface area contributed by atoms with E-state index in [1.165, 1.54) is 0 Å². The van der Waals surface area contributed by atoms with Crippen LogP contribution in [0.1, 0.15) is 10.4 Å². The molecule has 0 aliphatic heterocycles. The van der Waals surface area contributed by atoms with E-state index in [0.29, 0.717) is 28.6 Å². The standard InChI is InChI=1S/C20H19N3O3/c1-25-16-9-10-18(26-2)17(12-16)23-19-11-8-15(13-21-19)22-20(24)14-6-4-3-5-7-14/h3-13H,1-2H3,(H,21,23)(H,22,24). The van der Waals surface area contributed by atoms with Crippen LogP contribution in [0.4, 0.5) is 17.2 Å². The van der Waals surface area contributed by atoms with Crippen LogP contribution in [-0.2, 0) is 0 Å². The highest BCUT2D eigenvalue weighted by Crippen LogP contribution is 2.31. The summed E-state index contributed by atoms with van der Waals surface area (Å²) in [5, 5.41) is 6.00. The third kappa shape index (κ3) is 4.10. The Labute approximate surface area is 151 Å². The first kappa shape index (κ1) is 17.3. The van der Waals surface area contributed by atoms with Crippen molar-refractivity contribution in [1.82, 2.24) is 4.98 Å². The summed E-state index contributed by atoms with van der Waals surface area (Å²) in [4.78, 5) is 16.5. The number of nitrogens with one attached hydrogen (secondary N) is 2. The van der Waals surface area contributed by atoms with Gasteiger partial charge in [-0.05, 0) is 36.4 Å². The minimum Gasteiger partial charge on any atom is -0.497 e. The molecule has 0 saturated heterocycles. The van der Waals surface area contributed by atoms with Crippen molar-refractivity contribution >= 4 is 23.1 Å². The Morgan fingerprint density at radius 2 is 1.77 bits per heavy atom. The highest BCUT2D eigenvalue weighted by molar-refractivity contribution is 6.04. The lowest BCUT2D eigenvalue weighted by Gasteiger charge is -2.12. The molecule has 1 heterocycles. The molecule has 132 valence electrons. The Bertz CT molecular complexity index is 881.